The van der Waals surface area contributed by atoms with Crippen molar-refractivity contribution < 1.29 is 23.0 Å². The summed E-state index contributed by atoms with van der Waals surface area (Å²) < 4.78 is 46.2. The van der Waals surface area contributed by atoms with Gasteiger partial charge in [0.25, 0.3) is 0 Å². The van der Waals surface area contributed by atoms with E-state index in [2.05, 4.69) is 54.0 Å². The molecule has 6 aromatic heterocycles. The van der Waals surface area contributed by atoms with Crippen LogP contribution in [0.5, 0.6) is 11.5 Å². The zero-order chi connectivity index (χ0) is 47.6. The Morgan fingerprint density at radius 2 is 1.38 bits per heavy atom. The highest BCUT2D eigenvalue weighted by atomic mass is 19.1. The second kappa shape index (κ2) is 21.5. The van der Waals surface area contributed by atoms with Gasteiger partial charge in [-0.15, -0.1) is 0 Å². The quantitative estimate of drug-likeness (QED) is 0.124. The number of morpholine rings is 1. The number of nitrogen functional groups attached to an aromatic ring is 1. The number of nitrogens with zero attached hydrogens (tertiary/aromatic N) is 7. The minimum atomic E-state index is -0.508. The molecule has 0 atom stereocenters. The second-order valence-electron chi connectivity index (χ2n) is 15.3. The topological polar surface area (TPSA) is 134 Å². The molecule has 1 aliphatic heterocycles. The molecule has 0 unspecified atom stereocenters. The molecule has 1 fully saturated rings. The van der Waals surface area contributed by atoms with Crippen molar-refractivity contribution in [3.8, 4) is 45.0 Å². The lowest BCUT2D eigenvalue weighted by Crippen LogP contribution is -2.38. The number of aromatic nitrogens is 6. The van der Waals surface area contributed by atoms with Gasteiger partial charge in [-0.05, 0) is 112 Å². The third-order valence-electron chi connectivity index (χ3n) is 11.5. The maximum atomic E-state index is 14.7. The van der Waals surface area contributed by atoms with Gasteiger partial charge in [0.2, 0.25) is 0 Å². The molecular formula is C55H50F2N8O3. The Hall–Kier alpha value is -8.00. The normalized spacial score (nSPS) is 13.0. The number of allylic oxidation sites excluding steroid dienone is 4. The van der Waals surface area contributed by atoms with Gasteiger partial charge in [0, 0.05) is 77.9 Å². The monoisotopic (exact) mass is 908 g/mol. The van der Waals surface area contributed by atoms with Gasteiger partial charge >= 0.3 is 0 Å². The van der Waals surface area contributed by atoms with Crippen molar-refractivity contribution in [2.45, 2.75) is 13.8 Å². The molecule has 0 aliphatic carbocycles. The van der Waals surface area contributed by atoms with Crippen molar-refractivity contribution in [1.29, 1.82) is 0 Å². The first kappa shape index (κ1) is 46.5. The van der Waals surface area contributed by atoms with Crippen LogP contribution in [0.25, 0.3) is 82.7 Å². The lowest BCUT2D eigenvalue weighted by molar-refractivity contribution is 0.0323. The number of pyridine rings is 6. The van der Waals surface area contributed by atoms with Gasteiger partial charge in [0.1, 0.15) is 35.6 Å². The standard InChI is InChI=1S/C29H25FN4O2.C24H19FN4O.C2H6/c30-26-6-2-1-4-23(26)27-18-24(22-5-3-10-32-29(22)33-27)20-7-8-28(25-19-31-11-9-21(20)25)36-17-14-34-12-15-35-16-13-34;1-4-14(19(25)5-2)20-13-18(17-7-6-11-28-24(17)29-20)15-8-9-21(30-3)22-16(15)10-12-27-23(22)26;1-2/h1-11,18-19H,12-17H2;4-13H,1-2H2,3H3,(H2,26,27);1-2H3/b;19-14-;. The number of anilines is 1. The molecule has 11 nitrogen and oxygen atoms in total. The molecule has 0 radical (unpaired) electrons. The Bertz CT molecular complexity index is 3320. The molecule has 0 saturated carbocycles. The number of hydrogen-bond acceptors (Lipinski definition) is 11. The van der Waals surface area contributed by atoms with Crippen molar-refractivity contribution in [3.63, 3.8) is 0 Å². The van der Waals surface area contributed by atoms with E-state index in [-0.39, 0.29) is 11.4 Å². The van der Waals surface area contributed by atoms with Gasteiger partial charge in [-0.2, -0.15) is 0 Å². The van der Waals surface area contributed by atoms with E-state index < -0.39 is 5.83 Å². The van der Waals surface area contributed by atoms with Gasteiger partial charge in [-0.3, -0.25) is 9.88 Å². The summed E-state index contributed by atoms with van der Waals surface area (Å²) in [6.45, 7) is 16.1. The molecule has 10 rings (SSSR count). The number of methoxy groups -OCH3 is 1. The summed E-state index contributed by atoms with van der Waals surface area (Å²) in [4.78, 5) is 29.0. The van der Waals surface area contributed by atoms with E-state index in [1.54, 1.807) is 44.0 Å². The van der Waals surface area contributed by atoms with Gasteiger partial charge in [0.05, 0.1) is 37.1 Å². The number of hydrogen-bond donors (Lipinski definition) is 1. The SMILES string of the molecule is C=C/C(F)=C(\C=C)c1cc(-c2ccc(OC)c3c(N)nccc23)c2cccnc2n1.CC.Fc1ccccc1-c1cc(-c2ccc(OCCN3CCOCC3)c3cnccc23)c2cccnc2n1. The van der Waals surface area contributed by atoms with Gasteiger partial charge < -0.3 is 19.9 Å². The molecule has 2 N–H and O–H groups in total. The van der Waals surface area contributed by atoms with Gasteiger partial charge in [0.15, 0.2) is 11.3 Å². The van der Waals surface area contributed by atoms with E-state index in [0.29, 0.717) is 51.8 Å². The molecule has 1 aliphatic rings. The van der Waals surface area contributed by atoms with Crippen LogP contribution in [0.1, 0.15) is 19.5 Å². The molecule has 0 bridgehead atoms. The van der Waals surface area contributed by atoms with E-state index >= 15 is 0 Å². The fraction of sp³-hybridized carbons (Fsp3) is 0.164. The van der Waals surface area contributed by atoms with Crippen molar-refractivity contribution >= 4 is 55.0 Å². The van der Waals surface area contributed by atoms with Crippen molar-refractivity contribution in [3.05, 3.63) is 171 Å². The van der Waals surface area contributed by atoms with Gasteiger partial charge in [-0.25, -0.2) is 33.7 Å². The van der Waals surface area contributed by atoms with Crippen LogP contribution in [0.4, 0.5) is 14.6 Å². The van der Waals surface area contributed by atoms with E-state index in [0.717, 1.165) is 93.9 Å². The second-order valence-corrected chi connectivity index (χ2v) is 15.3. The maximum Gasteiger partial charge on any atom is 0.160 e. The number of ether oxygens (including phenoxy) is 3. The Labute approximate surface area is 393 Å². The van der Waals surface area contributed by atoms with Crippen LogP contribution in [0.3, 0.4) is 0 Å². The van der Waals surface area contributed by atoms with Crippen molar-refractivity contribution in [2.24, 2.45) is 0 Å². The van der Waals surface area contributed by atoms with Crippen LogP contribution in [0, 0.1) is 5.82 Å². The van der Waals surface area contributed by atoms with Crippen LogP contribution in [-0.2, 0) is 4.74 Å². The number of fused-ring (bicyclic) bond motifs is 4. The minimum absolute atomic E-state index is 0.248. The zero-order valence-electron chi connectivity index (χ0n) is 38.1. The molecule has 7 heterocycles. The first-order valence-electron chi connectivity index (χ1n) is 22.3. The number of rotatable bonds is 11. The average molecular weight is 909 g/mol. The minimum Gasteiger partial charge on any atom is -0.496 e. The third-order valence-corrected chi connectivity index (χ3v) is 11.5. The van der Waals surface area contributed by atoms with Crippen LogP contribution in [-0.4, -0.2) is 81.4 Å². The number of halogens is 2. The molecule has 13 heteroatoms. The Morgan fingerprint density at radius 3 is 2.09 bits per heavy atom. The molecule has 9 aromatic rings. The molecule has 68 heavy (non-hydrogen) atoms. The Morgan fingerprint density at radius 1 is 0.706 bits per heavy atom. The van der Waals surface area contributed by atoms with Crippen LogP contribution < -0.4 is 15.2 Å². The van der Waals surface area contributed by atoms with E-state index in [1.807, 2.05) is 92.8 Å². The summed E-state index contributed by atoms with van der Waals surface area (Å²) >= 11 is 0. The maximum absolute atomic E-state index is 14.7. The number of nitrogens with two attached hydrogens (primary N) is 1. The van der Waals surface area contributed by atoms with Crippen molar-refractivity contribution in [1.82, 2.24) is 34.8 Å². The van der Waals surface area contributed by atoms with Crippen LogP contribution >= 0.6 is 0 Å². The van der Waals surface area contributed by atoms with Crippen molar-refractivity contribution in [2.75, 3.05) is 52.3 Å². The first-order chi connectivity index (χ1) is 33.4. The van der Waals surface area contributed by atoms with Crippen LogP contribution in [0.15, 0.2) is 159 Å². The highest BCUT2D eigenvalue weighted by Gasteiger charge is 2.19. The zero-order valence-corrected chi connectivity index (χ0v) is 38.1. The molecular weight excluding hydrogens is 859 g/mol. The highest BCUT2D eigenvalue weighted by Crippen LogP contribution is 2.41. The van der Waals surface area contributed by atoms with Gasteiger partial charge in [-0.1, -0.05) is 57.3 Å². The van der Waals surface area contributed by atoms with Crippen LogP contribution in [0.2, 0.25) is 0 Å². The first-order valence-corrected chi connectivity index (χ1v) is 22.3. The van der Waals surface area contributed by atoms with E-state index in [9.17, 15) is 8.78 Å². The lowest BCUT2D eigenvalue weighted by Gasteiger charge is -2.26. The predicted octanol–water partition coefficient (Wildman–Crippen LogP) is 11.9. The largest absolute Gasteiger partial charge is 0.496 e. The summed E-state index contributed by atoms with van der Waals surface area (Å²) in [6, 6.07) is 29.8. The van der Waals surface area contributed by atoms with E-state index in [4.69, 9.17) is 19.9 Å². The summed E-state index contributed by atoms with van der Waals surface area (Å²) in [7, 11) is 1.59. The molecule has 3 aromatic carbocycles. The number of benzene rings is 3. The lowest BCUT2D eigenvalue weighted by atomic mass is 9.94. The molecule has 0 spiro atoms. The smallest absolute Gasteiger partial charge is 0.160 e. The summed E-state index contributed by atoms with van der Waals surface area (Å²) in [5, 5.41) is 5.23. The van der Waals surface area contributed by atoms with E-state index in [1.165, 1.54) is 12.1 Å². The summed E-state index contributed by atoms with van der Waals surface area (Å²) in [5.74, 6) is 0.963. The summed E-state index contributed by atoms with van der Waals surface area (Å²) in [5.41, 5.74) is 12.5. The Kier molecular flexibility index (Phi) is 14.7. The average Bonchev–Trinajstić information content (AvgIpc) is 3.39. The summed E-state index contributed by atoms with van der Waals surface area (Å²) in [6.07, 6.45) is 11.2. The predicted molar refractivity (Wildman–Crippen MR) is 269 cm³/mol. The fourth-order valence-electron chi connectivity index (χ4n) is 8.27. The molecule has 1 saturated heterocycles. The fourth-order valence-corrected chi connectivity index (χ4v) is 8.27. The molecule has 0 amide bonds. The highest BCUT2D eigenvalue weighted by molar-refractivity contribution is 6.09. The Balaban J connectivity index is 0.000000180. The third kappa shape index (κ3) is 9.61. The molecule has 342 valence electrons.